The summed E-state index contributed by atoms with van der Waals surface area (Å²) in [6.07, 6.45) is 2.54. The lowest BCUT2D eigenvalue weighted by Gasteiger charge is -2.33. The number of ketones is 1. The average Bonchev–Trinajstić information content (AvgIpc) is 3.31. The summed E-state index contributed by atoms with van der Waals surface area (Å²) in [5.41, 5.74) is 8.76. The van der Waals surface area contributed by atoms with Crippen LogP contribution in [0.4, 0.5) is 13.2 Å². The van der Waals surface area contributed by atoms with Gasteiger partial charge in [0.2, 0.25) is 5.91 Å². The van der Waals surface area contributed by atoms with Crippen LogP contribution in [0.5, 0.6) is 0 Å². The van der Waals surface area contributed by atoms with Crippen molar-refractivity contribution in [2.45, 2.75) is 73.9 Å². The number of unbranched alkanes of at least 4 members (excludes halogenated alkanes) is 1. The van der Waals surface area contributed by atoms with Gasteiger partial charge < -0.3 is 16.0 Å². The first-order valence-electron chi connectivity index (χ1n) is 15.8. The molecule has 1 unspecified atom stereocenters. The Morgan fingerprint density at radius 3 is 2.29 bits per heavy atom. The van der Waals surface area contributed by atoms with Gasteiger partial charge in [-0.3, -0.25) is 9.59 Å². The number of hydrogen-bond acceptors (Lipinski definition) is 6. The summed E-state index contributed by atoms with van der Waals surface area (Å²) in [6.45, 7) is 3.28. The molecule has 6 nitrogen and oxygen atoms in total. The van der Waals surface area contributed by atoms with Gasteiger partial charge in [0.1, 0.15) is 17.0 Å². The van der Waals surface area contributed by atoms with E-state index in [9.17, 15) is 22.8 Å². The van der Waals surface area contributed by atoms with Crippen LogP contribution >= 0.6 is 11.8 Å². The number of benzene rings is 2. The number of Topliss-reactive ketones (excluding diaryl/α,β-unsaturated/α-hetero) is 1. The number of halogens is 3. The fraction of sp³-hybridized carbons (Fsp3) is 0.457. The molecule has 1 fully saturated rings. The highest BCUT2D eigenvalue weighted by Gasteiger charge is 2.49. The number of alkyl halides is 3. The van der Waals surface area contributed by atoms with E-state index < -0.39 is 24.0 Å². The van der Waals surface area contributed by atoms with E-state index in [-0.39, 0.29) is 11.2 Å². The number of piperidine rings is 1. The molecular weight excluding hydrogens is 597 g/mol. The molecule has 1 atom stereocenters. The standard InChI is InChI=1S/C35H41F3N4O2S/c1-24(39)45-32-28(11-8-19-40-32)31(43)15-14-25-16-21-42(22-17-25)20-7-6-18-34(33(44)41-23-35(36,37)38)29-12-4-2-9-26(29)27-10-3-5-13-30(27)34/h2-5,8-13,19,24-25H,6-7,14-18,20-23,39H2,1H3,(H,41,44). The second kappa shape index (κ2) is 14.5. The Morgan fingerprint density at radius 2 is 1.67 bits per heavy atom. The van der Waals surface area contributed by atoms with Crippen molar-refractivity contribution < 1.29 is 22.8 Å². The highest BCUT2D eigenvalue weighted by Crippen LogP contribution is 2.51. The molecule has 2 aliphatic rings. The van der Waals surface area contributed by atoms with Crippen molar-refractivity contribution in [1.82, 2.24) is 15.2 Å². The number of nitrogens with one attached hydrogen (secondary N) is 1. The van der Waals surface area contributed by atoms with Crippen LogP contribution < -0.4 is 11.1 Å². The van der Waals surface area contributed by atoms with Gasteiger partial charge in [0.25, 0.3) is 0 Å². The molecule has 10 heteroatoms. The maximum atomic E-state index is 13.7. The normalized spacial score (nSPS) is 17.0. The second-order valence-corrected chi connectivity index (χ2v) is 13.5. The molecule has 2 aromatic carbocycles. The number of thioether (sulfide) groups is 1. The number of fused-ring (bicyclic) bond motifs is 3. The van der Waals surface area contributed by atoms with Crippen LogP contribution in [-0.2, 0) is 10.2 Å². The minimum atomic E-state index is -4.49. The number of rotatable bonds is 13. The number of nitrogens with zero attached hydrogens (tertiary/aromatic N) is 2. The first-order valence-corrected chi connectivity index (χ1v) is 16.6. The van der Waals surface area contributed by atoms with E-state index in [1.807, 2.05) is 61.5 Å². The zero-order valence-corrected chi connectivity index (χ0v) is 26.4. The molecule has 0 bridgehead atoms. The van der Waals surface area contributed by atoms with Gasteiger partial charge in [0, 0.05) is 18.2 Å². The lowest BCUT2D eigenvalue weighted by Crippen LogP contribution is -2.47. The number of aromatic nitrogens is 1. The smallest absolute Gasteiger partial charge is 0.346 e. The Balaban J connectivity index is 1.15. The lowest BCUT2D eigenvalue weighted by molar-refractivity contribution is -0.141. The van der Waals surface area contributed by atoms with Crippen molar-refractivity contribution >= 4 is 23.5 Å². The predicted molar refractivity (Wildman–Crippen MR) is 172 cm³/mol. The number of pyridine rings is 1. The van der Waals surface area contributed by atoms with Crippen LogP contribution in [0.25, 0.3) is 11.1 Å². The maximum absolute atomic E-state index is 13.7. The molecule has 3 aromatic rings. The minimum absolute atomic E-state index is 0.108. The van der Waals surface area contributed by atoms with Crippen LogP contribution in [-0.4, -0.2) is 59.3 Å². The number of amides is 1. The SMILES string of the molecule is CC(N)Sc1ncccc1C(=O)CCC1CCN(CCCCC2(C(=O)NCC(F)(F)F)c3ccccc3-c3ccccc32)CC1. The number of nitrogens with two attached hydrogens (primary N) is 1. The largest absolute Gasteiger partial charge is 0.405 e. The van der Waals surface area contributed by atoms with E-state index >= 15 is 0 Å². The number of carbonyl (C=O) groups is 2. The summed E-state index contributed by atoms with van der Waals surface area (Å²) in [4.78, 5) is 33.4. The van der Waals surface area contributed by atoms with Gasteiger partial charge in [-0.05, 0) is 99.0 Å². The van der Waals surface area contributed by atoms with Gasteiger partial charge in [-0.1, -0.05) is 66.7 Å². The molecule has 45 heavy (non-hydrogen) atoms. The Morgan fingerprint density at radius 1 is 1.02 bits per heavy atom. The van der Waals surface area contributed by atoms with Crippen LogP contribution in [0.2, 0.25) is 0 Å². The molecule has 0 radical (unpaired) electrons. The fourth-order valence-corrected chi connectivity index (χ4v) is 7.63. The second-order valence-electron chi connectivity index (χ2n) is 12.2. The highest BCUT2D eigenvalue weighted by molar-refractivity contribution is 7.99. The number of likely N-dealkylation sites (tertiary alicyclic amines) is 1. The third-order valence-corrected chi connectivity index (χ3v) is 9.95. The quantitative estimate of drug-likeness (QED) is 0.0910. The predicted octanol–water partition coefficient (Wildman–Crippen LogP) is 6.97. The maximum Gasteiger partial charge on any atom is 0.405 e. The molecule has 1 aliphatic carbocycles. The lowest BCUT2D eigenvalue weighted by atomic mass is 9.73. The zero-order valence-electron chi connectivity index (χ0n) is 25.6. The minimum Gasteiger partial charge on any atom is -0.346 e. The van der Waals surface area contributed by atoms with E-state index in [1.54, 1.807) is 12.3 Å². The first kappa shape index (κ1) is 33.2. The molecule has 5 rings (SSSR count). The Labute approximate surface area is 267 Å². The molecule has 1 aromatic heterocycles. The zero-order chi connectivity index (χ0) is 32.0. The first-order chi connectivity index (χ1) is 21.6. The van der Waals surface area contributed by atoms with Crippen molar-refractivity contribution in [3.63, 3.8) is 0 Å². The van der Waals surface area contributed by atoms with Gasteiger partial charge in [0.05, 0.1) is 5.37 Å². The summed E-state index contributed by atoms with van der Waals surface area (Å²) < 4.78 is 39.4. The van der Waals surface area contributed by atoms with Crippen molar-refractivity contribution in [3.05, 3.63) is 83.6 Å². The van der Waals surface area contributed by atoms with Crippen LogP contribution in [0.3, 0.4) is 0 Å². The third kappa shape index (κ3) is 7.79. The number of carbonyl (C=O) groups excluding carboxylic acids is 2. The van der Waals surface area contributed by atoms with Gasteiger partial charge in [-0.25, -0.2) is 4.98 Å². The molecular formula is C35H41F3N4O2S. The van der Waals surface area contributed by atoms with E-state index in [1.165, 1.54) is 11.8 Å². The molecule has 3 N–H and O–H groups in total. The summed E-state index contributed by atoms with van der Waals surface area (Å²) in [7, 11) is 0. The Hall–Kier alpha value is -3.21. The van der Waals surface area contributed by atoms with E-state index in [0.717, 1.165) is 67.6 Å². The molecule has 1 amide bonds. The summed E-state index contributed by atoms with van der Waals surface area (Å²) >= 11 is 1.40. The molecule has 1 aliphatic heterocycles. The van der Waals surface area contributed by atoms with Crippen molar-refractivity contribution in [2.75, 3.05) is 26.2 Å². The number of hydrogen-bond donors (Lipinski definition) is 2. The van der Waals surface area contributed by atoms with Crippen molar-refractivity contribution in [3.8, 4) is 11.1 Å². The van der Waals surface area contributed by atoms with Crippen LogP contribution in [0.1, 0.15) is 73.4 Å². The van der Waals surface area contributed by atoms with Gasteiger partial charge in [-0.15, -0.1) is 0 Å². The van der Waals surface area contributed by atoms with Gasteiger partial charge >= 0.3 is 6.18 Å². The highest BCUT2D eigenvalue weighted by atomic mass is 32.2. The van der Waals surface area contributed by atoms with E-state index in [0.29, 0.717) is 35.8 Å². The van der Waals surface area contributed by atoms with Crippen LogP contribution in [0, 0.1) is 5.92 Å². The van der Waals surface area contributed by atoms with Gasteiger partial charge in [-0.2, -0.15) is 13.2 Å². The summed E-state index contributed by atoms with van der Waals surface area (Å²) in [5.74, 6) is -0.00226. The Kier molecular flexibility index (Phi) is 10.7. The van der Waals surface area contributed by atoms with Crippen molar-refractivity contribution in [1.29, 1.82) is 0 Å². The topological polar surface area (TPSA) is 88.3 Å². The fourth-order valence-electron chi connectivity index (χ4n) is 6.85. The van der Waals surface area contributed by atoms with Crippen molar-refractivity contribution in [2.24, 2.45) is 11.7 Å². The van der Waals surface area contributed by atoms with Crippen LogP contribution in [0.15, 0.2) is 71.9 Å². The average molecular weight is 639 g/mol. The third-order valence-electron chi connectivity index (χ3n) is 9.03. The molecule has 0 saturated carbocycles. The summed E-state index contributed by atoms with van der Waals surface area (Å²) in [5, 5.41) is 2.77. The molecule has 1 saturated heterocycles. The summed E-state index contributed by atoms with van der Waals surface area (Å²) in [6, 6.07) is 18.8. The molecule has 240 valence electrons. The molecule has 0 spiro atoms. The van der Waals surface area contributed by atoms with E-state index in [4.69, 9.17) is 5.73 Å². The monoisotopic (exact) mass is 638 g/mol. The Bertz CT molecular complexity index is 1440. The van der Waals surface area contributed by atoms with E-state index in [2.05, 4.69) is 15.2 Å². The van der Waals surface area contributed by atoms with Gasteiger partial charge in [0.15, 0.2) is 5.78 Å². The molecule has 2 heterocycles.